The molecule has 2 aromatic carbocycles. The van der Waals surface area contributed by atoms with Gasteiger partial charge in [0.25, 0.3) is 0 Å². The van der Waals surface area contributed by atoms with Crippen LogP contribution >= 0.6 is 15.9 Å². The summed E-state index contributed by atoms with van der Waals surface area (Å²) in [6, 6.07) is 13.4. The molecule has 0 bridgehead atoms. The molecule has 0 amide bonds. The lowest BCUT2D eigenvalue weighted by atomic mass is 10.1. The van der Waals surface area contributed by atoms with E-state index in [0.717, 1.165) is 0 Å². The van der Waals surface area contributed by atoms with E-state index in [1.165, 1.54) is 6.07 Å². The fourth-order valence-electron chi connectivity index (χ4n) is 2.00. The summed E-state index contributed by atoms with van der Waals surface area (Å²) in [5, 5.41) is 21.0. The standard InChI is InChI=1S/C16H11BrFN3/c1-10(15-5-3-13(17)7-16(15)18)21-14-4-2-11(8-19)12(6-14)9-20/h2-7,10,21H,1H3. The summed E-state index contributed by atoms with van der Waals surface area (Å²) in [5.74, 6) is -0.307. The predicted octanol–water partition coefficient (Wildman–Crippen LogP) is 4.50. The van der Waals surface area contributed by atoms with Crippen molar-refractivity contribution in [3.05, 3.63) is 63.4 Å². The van der Waals surface area contributed by atoms with Crippen molar-refractivity contribution in [1.82, 2.24) is 0 Å². The van der Waals surface area contributed by atoms with Crippen molar-refractivity contribution in [1.29, 1.82) is 10.5 Å². The Kier molecular flexibility index (Phi) is 4.57. The second-order valence-electron chi connectivity index (χ2n) is 4.52. The summed E-state index contributed by atoms with van der Waals surface area (Å²) in [4.78, 5) is 0. The summed E-state index contributed by atoms with van der Waals surface area (Å²) in [6.45, 7) is 1.83. The fraction of sp³-hybridized carbons (Fsp3) is 0.125. The number of rotatable bonds is 3. The zero-order valence-electron chi connectivity index (χ0n) is 11.2. The van der Waals surface area contributed by atoms with Gasteiger partial charge < -0.3 is 5.32 Å². The second kappa shape index (κ2) is 6.39. The van der Waals surface area contributed by atoms with Crippen LogP contribution in [-0.2, 0) is 0 Å². The van der Waals surface area contributed by atoms with Crippen molar-refractivity contribution in [2.24, 2.45) is 0 Å². The number of halogens is 2. The van der Waals surface area contributed by atoms with Crippen LogP contribution in [0.1, 0.15) is 29.7 Å². The van der Waals surface area contributed by atoms with Crippen molar-refractivity contribution in [2.75, 3.05) is 5.32 Å². The van der Waals surface area contributed by atoms with E-state index in [1.807, 2.05) is 19.1 Å². The number of hydrogen-bond donors (Lipinski definition) is 1. The second-order valence-corrected chi connectivity index (χ2v) is 5.43. The summed E-state index contributed by atoms with van der Waals surface area (Å²) in [6.07, 6.45) is 0. The first kappa shape index (κ1) is 15.0. The molecule has 1 atom stereocenters. The average Bonchev–Trinajstić information content (AvgIpc) is 2.46. The summed E-state index contributed by atoms with van der Waals surface area (Å²) >= 11 is 3.22. The van der Waals surface area contributed by atoms with Gasteiger partial charge in [-0.25, -0.2) is 4.39 Å². The predicted molar refractivity (Wildman–Crippen MR) is 82.0 cm³/mol. The Morgan fingerprint density at radius 2 is 1.81 bits per heavy atom. The van der Waals surface area contributed by atoms with E-state index in [9.17, 15) is 4.39 Å². The van der Waals surface area contributed by atoms with Crippen molar-refractivity contribution >= 4 is 21.6 Å². The maximum absolute atomic E-state index is 13.9. The third-order valence-electron chi connectivity index (χ3n) is 3.07. The maximum atomic E-state index is 13.9. The average molecular weight is 344 g/mol. The van der Waals surface area contributed by atoms with Crippen LogP contribution in [0.5, 0.6) is 0 Å². The van der Waals surface area contributed by atoms with Gasteiger partial charge in [-0.2, -0.15) is 10.5 Å². The Bertz CT molecular complexity index is 759. The van der Waals surface area contributed by atoms with Crippen molar-refractivity contribution < 1.29 is 4.39 Å². The number of nitriles is 2. The topological polar surface area (TPSA) is 59.6 Å². The quantitative estimate of drug-likeness (QED) is 0.892. The molecule has 0 radical (unpaired) electrons. The molecule has 0 fully saturated rings. The highest BCUT2D eigenvalue weighted by Gasteiger charge is 2.12. The minimum atomic E-state index is -0.307. The molecule has 3 nitrogen and oxygen atoms in total. The minimum absolute atomic E-state index is 0.266. The molecule has 2 rings (SSSR count). The Morgan fingerprint density at radius 3 is 2.43 bits per heavy atom. The van der Waals surface area contributed by atoms with Gasteiger partial charge in [-0.15, -0.1) is 0 Å². The highest BCUT2D eigenvalue weighted by molar-refractivity contribution is 9.10. The zero-order chi connectivity index (χ0) is 15.4. The van der Waals surface area contributed by atoms with Crippen molar-refractivity contribution in [3.63, 3.8) is 0 Å². The molecule has 0 spiro atoms. The van der Waals surface area contributed by atoms with Crippen molar-refractivity contribution in [2.45, 2.75) is 13.0 Å². The van der Waals surface area contributed by atoms with Crippen LogP contribution in [0, 0.1) is 28.5 Å². The van der Waals surface area contributed by atoms with Crippen LogP contribution < -0.4 is 5.32 Å². The molecule has 1 unspecified atom stereocenters. The van der Waals surface area contributed by atoms with Crippen LogP contribution in [0.2, 0.25) is 0 Å². The van der Waals surface area contributed by atoms with Gasteiger partial charge in [-0.1, -0.05) is 22.0 Å². The first-order valence-corrected chi connectivity index (χ1v) is 7.00. The van der Waals surface area contributed by atoms with E-state index >= 15 is 0 Å². The van der Waals surface area contributed by atoms with Crippen molar-refractivity contribution in [3.8, 4) is 12.1 Å². The molecular weight excluding hydrogens is 333 g/mol. The van der Waals surface area contributed by atoms with Crippen LogP contribution in [0.3, 0.4) is 0 Å². The molecule has 0 aliphatic heterocycles. The van der Waals surface area contributed by atoms with Crippen LogP contribution in [-0.4, -0.2) is 0 Å². The lowest BCUT2D eigenvalue weighted by molar-refractivity contribution is 0.599. The Labute approximate surface area is 130 Å². The van der Waals surface area contributed by atoms with Gasteiger partial charge in [0.1, 0.15) is 18.0 Å². The lowest BCUT2D eigenvalue weighted by Crippen LogP contribution is -2.09. The molecule has 0 aromatic heterocycles. The first-order valence-electron chi connectivity index (χ1n) is 6.21. The van der Waals surface area contributed by atoms with E-state index in [4.69, 9.17) is 10.5 Å². The fourth-order valence-corrected chi connectivity index (χ4v) is 2.34. The SMILES string of the molecule is CC(Nc1ccc(C#N)c(C#N)c1)c1ccc(Br)cc1F. The zero-order valence-corrected chi connectivity index (χ0v) is 12.8. The van der Waals surface area contributed by atoms with Crippen LogP contribution in [0.15, 0.2) is 40.9 Å². The highest BCUT2D eigenvalue weighted by atomic mass is 79.9. The molecule has 21 heavy (non-hydrogen) atoms. The van der Waals surface area contributed by atoms with Crippen LogP contribution in [0.4, 0.5) is 10.1 Å². The van der Waals surface area contributed by atoms with Gasteiger partial charge in [-0.3, -0.25) is 0 Å². The Balaban J connectivity index is 2.26. The molecule has 0 saturated heterocycles. The largest absolute Gasteiger partial charge is 0.378 e. The molecule has 104 valence electrons. The molecule has 0 saturated carbocycles. The van der Waals surface area contributed by atoms with Crippen LogP contribution in [0.25, 0.3) is 0 Å². The minimum Gasteiger partial charge on any atom is -0.378 e. The first-order chi connectivity index (χ1) is 10.0. The molecule has 0 aliphatic rings. The Hall–Kier alpha value is -2.37. The monoisotopic (exact) mass is 343 g/mol. The van der Waals surface area contributed by atoms with Gasteiger partial charge in [0.15, 0.2) is 0 Å². The molecular formula is C16H11BrFN3. The van der Waals surface area contributed by atoms with Gasteiger partial charge in [-0.05, 0) is 37.3 Å². The Morgan fingerprint density at radius 1 is 1.10 bits per heavy atom. The van der Waals surface area contributed by atoms with Gasteiger partial charge in [0, 0.05) is 15.7 Å². The van der Waals surface area contributed by atoms with E-state index < -0.39 is 0 Å². The molecule has 2 aromatic rings. The molecule has 0 aliphatic carbocycles. The normalized spacial score (nSPS) is 11.3. The van der Waals surface area contributed by atoms with Gasteiger partial charge in [0.2, 0.25) is 0 Å². The lowest BCUT2D eigenvalue weighted by Gasteiger charge is -2.17. The van der Waals surface area contributed by atoms with E-state index in [0.29, 0.717) is 26.9 Å². The van der Waals surface area contributed by atoms with E-state index in [2.05, 4.69) is 21.2 Å². The third kappa shape index (κ3) is 3.39. The number of nitrogens with zero attached hydrogens (tertiary/aromatic N) is 2. The third-order valence-corrected chi connectivity index (χ3v) is 3.57. The summed E-state index contributed by atoms with van der Waals surface area (Å²) < 4.78 is 14.6. The number of anilines is 1. The summed E-state index contributed by atoms with van der Waals surface area (Å²) in [5.41, 5.74) is 1.82. The van der Waals surface area contributed by atoms with E-state index in [-0.39, 0.29) is 11.9 Å². The smallest absolute Gasteiger partial charge is 0.129 e. The summed E-state index contributed by atoms with van der Waals surface area (Å²) in [7, 11) is 0. The van der Waals surface area contributed by atoms with Gasteiger partial charge in [0.05, 0.1) is 17.2 Å². The highest BCUT2D eigenvalue weighted by Crippen LogP contribution is 2.25. The number of hydrogen-bond acceptors (Lipinski definition) is 3. The number of benzene rings is 2. The molecule has 1 N–H and O–H groups in total. The number of nitrogens with one attached hydrogen (secondary N) is 1. The maximum Gasteiger partial charge on any atom is 0.129 e. The molecule has 5 heteroatoms. The molecule has 0 heterocycles. The van der Waals surface area contributed by atoms with Gasteiger partial charge >= 0.3 is 0 Å². The van der Waals surface area contributed by atoms with E-state index in [1.54, 1.807) is 30.3 Å².